The van der Waals surface area contributed by atoms with Crippen LogP contribution in [0.2, 0.25) is 5.02 Å². The second kappa shape index (κ2) is 8.76. The SMILES string of the molecule is O=C(c1cccs1)N(Cc1cccc(F)c1)CC1CC(c2ccccc2Cl)=NO1. The average molecular weight is 429 g/mol. The molecule has 148 valence electrons. The average Bonchev–Trinajstić information content (AvgIpc) is 3.40. The topological polar surface area (TPSA) is 41.9 Å². The Hall–Kier alpha value is -2.70. The van der Waals surface area contributed by atoms with Gasteiger partial charge in [0, 0.05) is 23.6 Å². The molecule has 29 heavy (non-hydrogen) atoms. The summed E-state index contributed by atoms with van der Waals surface area (Å²) in [7, 11) is 0. The van der Waals surface area contributed by atoms with E-state index < -0.39 is 0 Å². The van der Waals surface area contributed by atoms with Crippen LogP contribution in [-0.2, 0) is 11.4 Å². The van der Waals surface area contributed by atoms with Crippen LogP contribution in [0.5, 0.6) is 0 Å². The second-order valence-corrected chi connectivity index (χ2v) is 8.10. The van der Waals surface area contributed by atoms with Gasteiger partial charge in [-0.2, -0.15) is 0 Å². The Balaban J connectivity index is 1.50. The maximum Gasteiger partial charge on any atom is 0.264 e. The van der Waals surface area contributed by atoms with Gasteiger partial charge < -0.3 is 9.74 Å². The highest BCUT2D eigenvalue weighted by atomic mass is 35.5. The van der Waals surface area contributed by atoms with Crippen LogP contribution in [0.15, 0.2) is 71.2 Å². The van der Waals surface area contributed by atoms with E-state index in [1.54, 1.807) is 23.1 Å². The molecule has 2 aromatic carbocycles. The van der Waals surface area contributed by atoms with Crippen LogP contribution in [0.4, 0.5) is 4.39 Å². The van der Waals surface area contributed by atoms with Crippen molar-refractivity contribution >= 4 is 34.6 Å². The quantitative estimate of drug-likeness (QED) is 0.529. The van der Waals surface area contributed by atoms with Crippen molar-refractivity contribution < 1.29 is 14.0 Å². The Morgan fingerprint density at radius 2 is 2.07 bits per heavy atom. The number of carbonyl (C=O) groups is 1. The molecular formula is C22H18ClFN2O2S. The maximum atomic E-state index is 13.6. The van der Waals surface area contributed by atoms with Crippen LogP contribution in [0, 0.1) is 5.82 Å². The molecule has 0 fully saturated rings. The predicted octanol–water partition coefficient (Wildman–Crippen LogP) is 5.38. The van der Waals surface area contributed by atoms with Crippen LogP contribution in [0.1, 0.15) is 27.2 Å². The molecular weight excluding hydrogens is 411 g/mol. The number of carbonyl (C=O) groups excluding carboxylic acids is 1. The van der Waals surface area contributed by atoms with Gasteiger partial charge in [-0.1, -0.05) is 53.2 Å². The van der Waals surface area contributed by atoms with Gasteiger partial charge in [0.25, 0.3) is 5.91 Å². The Kier molecular flexibility index (Phi) is 5.92. The van der Waals surface area contributed by atoms with Crippen molar-refractivity contribution in [3.05, 3.63) is 92.9 Å². The van der Waals surface area contributed by atoms with E-state index >= 15 is 0 Å². The van der Waals surface area contributed by atoms with E-state index in [1.807, 2.05) is 35.7 Å². The number of oxime groups is 1. The smallest absolute Gasteiger partial charge is 0.264 e. The van der Waals surface area contributed by atoms with Crippen molar-refractivity contribution in [1.29, 1.82) is 0 Å². The van der Waals surface area contributed by atoms with Gasteiger partial charge in [-0.15, -0.1) is 11.3 Å². The molecule has 1 amide bonds. The molecule has 0 saturated carbocycles. The fourth-order valence-electron chi connectivity index (χ4n) is 3.26. The van der Waals surface area contributed by atoms with E-state index in [-0.39, 0.29) is 24.4 Å². The summed E-state index contributed by atoms with van der Waals surface area (Å²) in [6.45, 7) is 0.625. The summed E-state index contributed by atoms with van der Waals surface area (Å²) in [5, 5.41) is 6.65. The first-order valence-electron chi connectivity index (χ1n) is 9.15. The monoisotopic (exact) mass is 428 g/mol. The van der Waals surface area contributed by atoms with Crippen LogP contribution in [-0.4, -0.2) is 29.2 Å². The molecule has 7 heteroatoms. The lowest BCUT2D eigenvalue weighted by molar-refractivity contribution is 0.0408. The largest absolute Gasteiger partial charge is 0.390 e. The first-order valence-corrected chi connectivity index (χ1v) is 10.4. The third kappa shape index (κ3) is 4.66. The molecule has 1 aliphatic rings. The van der Waals surface area contributed by atoms with Gasteiger partial charge in [-0.25, -0.2) is 4.39 Å². The first-order chi connectivity index (χ1) is 14.1. The van der Waals surface area contributed by atoms with Crippen molar-refractivity contribution in [3.63, 3.8) is 0 Å². The molecule has 1 aromatic heterocycles. The minimum Gasteiger partial charge on any atom is -0.390 e. The molecule has 0 saturated heterocycles. The van der Waals surface area contributed by atoms with E-state index in [9.17, 15) is 9.18 Å². The Labute approximate surface area is 177 Å². The van der Waals surface area contributed by atoms with E-state index in [0.717, 1.165) is 16.8 Å². The van der Waals surface area contributed by atoms with Gasteiger partial charge >= 0.3 is 0 Å². The molecule has 2 heterocycles. The van der Waals surface area contributed by atoms with Crippen molar-refractivity contribution in [2.45, 2.75) is 19.1 Å². The predicted molar refractivity (Wildman–Crippen MR) is 113 cm³/mol. The number of benzene rings is 2. The summed E-state index contributed by atoms with van der Waals surface area (Å²) in [4.78, 5) is 20.9. The minimum atomic E-state index is -0.326. The normalized spacial score (nSPS) is 15.7. The summed E-state index contributed by atoms with van der Waals surface area (Å²) >= 11 is 7.64. The van der Waals surface area contributed by atoms with Crippen molar-refractivity contribution in [3.8, 4) is 0 Å². The first kappa shape index (κ1) is 19.6. The number of hydrogen-bond donors (Lipinski definition) is 0. The third-order valence-corrected chi connectivity index (χ3v) is 5.81. The fraction of sp³-hybridized carbons (Fsp3) is 0.182. The highest BCUT2D eigenvalue weighted by Crippen LogP contribution is 2.24. The number of rotatable bonds is 6. The van der Waals surface area contributed by atoms with Gasteiger partial charge in [0.05, 0.1) is 17.1 Å². The standard InChI is InChI=1S/C22H18ClFN2O2S/c23-19-8-2-1-7-18(19)20-12-17(28-25-20)14-26(22(27)21-9-4-10-29-21)13-15-5-3-6-16(24)11-15/h1-11,17H,12-14H2. The van der Waals surface area contributed by atoms with Gasteiger partial charge in [0.15, 0.2) is 6.10 Å². The zero-order valence-corrected chi connectivity index (χ0v) is 17.0. The van der Waals surface area contributed by atoms with E-state index in [2.05, 4.69) is 5.16 Å². The highest BCUT2D eigenvalue weighted by Gasteiger charge is 2.28. The molecule has 3 aromatic rings. The van der Waals surface area contributed by atoms with Gasteiger partial charge in [-0.05, 0) is 35.2 Å². The van der Waals surface area contributed by atoms with Crippen molar-refractivity contribution in [2.24, 2.45) is 5.16 Å². The summed E-state index contributed by atoms with van der Waals surface area (Å²) in [6.07, 6.45) is 0.250. The third-order valence-electron chi connectivity index (χ3n) is 4.62. The molecule has 1 atom stereocenters. The number of halogens is 2. The van der Waals surface area contributed by atoms with Crippen LogP contribution >= 0.6 is 22.9 Å². The molecule has 4 rings (SSSR count). The van der Waals surface area contributed by atoms with Gasteiger partial charge in [-0.3, -0.25) is 4.79 Å². The number of hydrogen-bond acceptors (Lipinski definition) is 4. The maximum absolute atomic E-state index is 13.6. The van der Waals surface area contributed by atoms with Crippen molar-refractivity contribution in [2.75, 3.05) is 6.54 Å². The lowest BCUT2D eigenvalue weighted by Crippen LogP contribution is -2.37. The summed E-state index contributed by atoms with van der Waals surface area (Å²) in [5.41, 5.74) is 2.31. The summed E-state index contributed by atoms with van der Waals surface area (Å²) in [5.74, 6) is -0.438. The van der Waals surface area contributed by atoms with Crippen LogP contribution in [0.25, 0.3) is 0 Å². The molecule has 1 aliphatic heterocycles. The van der Waals surface area contributed by atoms with Crippen LogP contribution < -0.4 is 0 Å². The van der Waals surface area contributed by atoms with E-state index in [4.69, 9.17) is 16.4 Å². The second-order valence-electron chi connectivity index (χ2n) is 6.74. The molecule has 0 aliphatic carbocycles. The summed E-state index contributed by atoms with van der Waals surface area (Å²) < 4.78 is 13.6. The van der Waals surface area contributed by atoms with E-state index in [0.29, 0.717) is 22.9 Å². The van der Waals surface area contributed by atoms with E-state index in [1.165, 1.54) is 23.5 Å². The molecule has 0 bridgehead atoms. The molecule has 1 unspecified atom stereocenters. The zero-order valence-electron chi connectivity index (χ0n) is 15.4. The Morgan fingerprint density at radius 1 is 1.21 bits per heavy atom. The van der Waals surface area contributed by atoms with Gasteiger partial charge in [0.2, 0.25) is 0 Å². The Morgan fingerprint density at radius 3 is 2.83 bits per heavy atom. The lowest BCUT2D eigenvalue weighted by Gasteiger charge is -2.24. The molecule has 4 nitrogen and oxygen atoms in total. The zero-order chi connectivity index (χ0) is 20.2. The number of thiophene rings is 1. The van der Waals surface area contributed by atoms with Crippen molar-refractivity contribution in [1.82, 2.24) is 4.90 Å². The minimum absolute atomic E-state index is 0.112. The lowest BCUT2D eigenvalue weighted by atomic mass is 10.0. The number of nitrogens with zero attached hydrogens (tertiary/aromatic N) is 2. The Bertz CT molecular complexity index is 1040. The van der Waals surface area contributed by atoms with Crippen LogP contribution in [0.3, 0.4) is 0 Å². The molecule has 0 radical (unpaired) electrons. The van der Waals surface area contributed by atoms with Gasteiger partial charge in [0.1, 0.15) is 5.82 Å². The summed E-state index contributed by atoms with van der Waals surface area (Å²) in [6, 6.07) is 17.4. The fourth-order valence-corrected chi connectivity index (χ4v) is 4.19. The number of amides is 1. The molecule has 0 N–H and O–H groups in total. The highest BCUT2D eigenvalue weighted by molar-refractivity contribution is 7.12. The molecule has 0 spiro atoms.